The molecule has 0 saturated carbocycles. The van der Waals surface area contributed by atoms with Gasteiger partial charge in [-0.05, 0) is 31.0 Å². The Morgan fingerprint density at radius 3 is 2.50 bits per heavy atom. The summed E-state index contributed by atoms with van der Waals surface area (Å²) in [7, 11) is -2.42. The van der Waals surface area contributed by atoms with Crippen molar-refractivity contribution < 1.29 is 17.9 Å². The predicted molar refractivity (Wildman–Crippen MR) is 67.2 cm³/mol. The Balaban J connectivity index is 3.47. The zero-order valence-electron chi connectivity index (χ0n) is 10.6. The van der Waals surface area contributed by atoms with Gasteiger partial charge in [0.05, 0.1) is 17.2 Å². The van der Waals surface area contributed by atoms with Crippen LogP contribution in [-0.4, -0.2) is 38.0 Å². The molecule has 1 rings (SSSR count). The van der Waals surface area contributed by atoms with Crippen molar-refractivity contribution in [1.29, 1.82) is 0 Å². The lowest BCUT2D eigenvalue weighted by Gasteiger charge is -2.20. The van der Waals surface area contributed by atoms with E-state index in [4.69, 9.17) is 10.8 Å². The van der Waals surface area contributed by atoms with E-state index in [1.54, 1.807) is 0 Å². The van der Waals surface area contributed by atoms with Gasteiger partial charge < -0.3 is 10.8 Å². The zero-order valence-corrected chi connectivity index (χ0v) is 11.4. The second-order valence-corrected chi connectivity index (χ2v) is 6.07. The van der Waals surface area contributed by atoms with Crippen LogP contribution in [0.5, 0.6) is 0 Å². The normalized spacial score (nSPS) is 12.1. The van der Waals surface area contributed by atoms with Gasteiger partial charge in [-0.1, -0.05) is 0 Å². The number of sulfonamides is 1. The first-order chi connectivity index (χ1) is 8.23. The first-order valence-electron chi connectivity index (χ1n) is 5.35. The lowest BCUT2D eigenvalue weighted by Crippen LogP contribution is -2.31. The summed E-state index contributed by atoms with van der Waals surface area (Å²) in [5.41, 5.74) is 5.83. The lowest BCUT2D eigenvalue weighted by atomic mass is 10.1. The minimum absolute atomic E-state index is 0.00245. The Morgan fingerprint density at radius 1 is 1.44 bits per heavy atom. The third-order valence-electron chi connectivity index (χ3n) is 2.79. The number of aliphatic hydroxyl groups excluding tert-OH is 1. The SMILES string of the molecule is Cc1cc(F)c(N)c(C)c1S(=O)(=O)N(C)CCO. The number of hydrogen-bond donors (Lipinski definition) is 2. The van der Waals surface area contributed by atoms with Crippen LogP contribution in [0, 0.1) is 19.7 Å². The molecule has 0 amide bonds. The van der Waals surface area contributed by atoms with Gasteiger partial charge in [-0.2, -0.15) is 4.31 Å². The van der Waals surface area contributed by atoms with Crippen molar-refractivity contribution in [3.8, 4) is 0 Å². The van der Waals surface area contributed by atoms with E-state index in [2.05, 4.69) is 0 Å². The summed E-state index contributed by atoms with van der Waals surface area (Å²) in [6, 6.07) is 1.10. The molecular formula is C11H17FN2O3S. The fourth-order valence-electron chi connectivity index (χ4n) is 1.74. The van der Waals surface area contributed by atoms with Crippen LogP contribution in [-0.2, 0) is 10.0 Å². The van der Waals surface area contributed by atoms with Crippen molar-refractivity contribution >= 4 is 15.7 Å². The van der Waals surface area contributed by atoms with E-state index in [0.29, 0.717) is 5.56 Å². The molecule has 0 saturated heterocycles. The van der Waals surface area contributed by atoms with Crippen LogP contribution in [0.1, 0.15) is 11.1 Å². The minimum atomic E-state index is -3.78. The van der Waals surface area contributed by atoms with Gasteiger partial charge in [-0.3, -0.25) is 0 Å². The maximum Gasteiger partial charge on any atom is 0.243 e. The largest absolute Gasteiger partial charge is 0.396 e. The Bertz CT molecular complexity index is 558. The Labute approximate surface area is 106 Å². The smallest absolute Gasteiger partial charge is 0.243 e. The monoisotopic (exact) mass is 276 g/mol. The molecule has 0 spiro atoms. The molecule has 1 aromatic rings. The Morgan fingerprint density at radius 2 is 2.00 bits per heavy atom. The molecule has 0 aliphatic rings. The van der Waals surface area contributed by atoms with Gasteiger partial charge in [0, 0.05) is 13.6 Å². The molecule has 102 valence electrons. The van der Waals surface area contributed by atoms with Gasteiger partial charge in [0.15, 0.2) is 0 Å². The number of nitrogens with zero attached hydrogens (tertiary/aromatic N) is 1. The summed E-state index contributed by atoms with van der Waals surface area (Å²) in [6.45, 7) is 2.66. The molecule has 0 bridgehead atoms. The molecule has 7 heteroatoms. The van der Waals surface area contributed by atoms with Crippen LogP contribution >= 0.6 is 0 Å². The molecule has 3 N–H and O–H groups in total. The number of aryl methyl sites for hydroxylation is 1. The van der Waals surface area contributed by atoms with Crippen LogP contribution in [0.2, 0.25) is 0 Å². The molecule has 18 heavy (non-hydrogen) atoms. The van der Waals surface area contributed by atoms with Gasteiger partial charge >= 0.3 is 0 Å². The molecule has 0 fully saturated rings. The number of halogens is 1. The van der Waals surface area contributed by atoms with E-state index in [9.17, 15) is 12.8 Å². The van der Waals surface area contributed by atoms with Crippen molar-refractivity contribution in [1.82, 2.24) is 4.31 Å². The highest BCUT2D eigenvalue weighted by atomic mass is 32.2. The molecular weight excluding hydrogens is 259 g/mol. The summed E-state index contributed by atoms with van der Waals surface area (Å²) in [6.07, 6.45) is 0. The summed E-state index contributed by atoms with van der Waals surface area (Å²) in [5.74, 6) is -0.631. The van der Waals surface area contributed by atoms with E-state index in [-0.39, 0.29) is 29.3 Å². The highest BCUT2D eigenvalue weighted by molar-refractivity contribution is 7.89. The predicted octanol–water partition coefficient (Wildman–Crippen LogP) is 0.638. The number of aliphatic hydroxyl groups is 1. The highest BCUT2D eigenvalue weighted by Crippen LogP contribution is 2.29. The molecule has 0 heterocycles. The van der Waals surface area contributed by atoms with Gasteiger partial charge in [0.25, 0.3) is 0 Å². The topological polar surface area (TPSA) is 83.6 Å². The molecule has 0 aliphatic carbocycles. The van der Waals surface area contributed by atoms with Crippen LogP contribution < -0.4 is 5.73 Å². The minimum Gasteiger partial charge on any atom is -0.396 e. The number of rotatable bonds is 4. The fraction of sp³-hybridized carbons (Fsp3) is 0.455. The Kier molecular flexibility index (Phi) is 4.31. The van der Waals surface area contributed by atoms with E-state index in [0.717, 1.165) is 10.4 Å². The average molecular weight is 276 g/mol. The van der Waals surface area contributed by atoms with Crippen LogP contribution in [0.4, 0.5) is 10.1 Å². The third kappa shape index (κ3) is 2.47. The van der Waals surface area contributed by atoms with Crippen molar-refractivity contribution in [2.75, 3.05) is 25.9 Å². The fourth-order valence-corrected chi connectivity index (χ4v) is 3.34. The zero-order chi connectivity index (χ0) is 14.1. The summed E-state index contributed by atoms with van der Waals surface area (Å²) >= 11 is 0. The van der Waals surface area contributed by atoms with Crippen LogP contribution in [0.3, 0.4) is 0 Å². The van der Waals surface area contributed by atoms with Crippen molar-refractivity contribution in [2.24, 2.45) is 0 Å². The number of hydrogen-bond acceptors (Lipinski definition) is 4. The quantitative estimate of drug-likeness (QED) is 0.790. The molecule has 1 aromatic carbocycles. The number of nitrogens with two attached hydrogens (primary N) is 1. The first kappa shape index (κ1) is 14.9. The summed E-state index contributed by atoms with van der Waals surface area (Å²) in [5, 5.41) is 8.79. The van der Waals surface area contributed by atoms with Crippen LogP contribution in [0.25, 0.3) is 0 Å². The van der Waals surface area contributed by atoms with Crippen molar-refractivity contribution in [2.45, 2.75) is 18.7 Å². The van der Waals surface area contributed by atoms with Crippen LogP contribution in [0.15, 0.2) is 11.0 Å². The van der Waals surface area contributed by atoms with Gasteiger partial charge in [-0.15, -0.1) is 0 Å². The lowest BCUT2D eigenvalue weighted by molar-refractivity contribution is 0.266. The standard InChI is InChI=1S/C11H17FN2O3S/c1-7-6-9(12)10(13)8(2)11(7)18(16,17)14(3)4-5-15/h6,15H,4-5,13H2,1-3H3. The number of anilines is 1. The first-order valence-corrected chi connectivity index (χ1v) is 6.79. The maximum absolute atomic E-state index is 13.4. The molecule has 0 aliphatic heterocycles. The number of likely N-dealkylation sites (N-methyl/N-ethyl adjacent to an activating group) is 1. The molecule has 0 unspecified atom stereocenters. The van der Waals surface area contributed by atoms with E-state index < -0.39 is 15.8 Å². The van der Waals surface area contributed by atoms with Crippen molar-refractivity contribution in [3.63, 3.8) is 0 Å². The van der Waals surface area contributed by atoms with Gasteiger partial charge in [0.1, 0.15) is 5.82 Å². The van der Waals surface area contributed by atoms with E-state index in [1.165, 1.54) is 20.9 Å². The number of nitrogen functional groups attached to an aromatic ring is 1. The summed E-state index contributed by atoms with van der Waals surface area (Å²) in [4.78, 5) is -0.00245. The summed E-state index contributed by atoms with van der Waals surface area (Å²) < 4.78 is 38.9. The third-order valence-corrected chi connectivity index (χ3v) is 4.93. The van der Waals surface area contributed by atoms with Gasteiger partial charge in [-0.25, -0.2) is 12.8 Å². The Hall–Kier alpha value is -1.18. The molecule has 0 radical (unpaired) electrons. The average Bonchev–Trinajstić information content (AvgIpc) is 2.26. The molecule has 0 aromatic heterocycles. The van der Waals surface area contributed by atoms with E-state index >= 15 is 0 Å². The van der Waals surface area contributed by atoms with Crippen molar-refractivity contribution in [3.05, 3.63) is 23.0 Å². The number of benzene rings is 1. The second-order valence-electron chi connectivity index (χ2n) is 4.09. The van der Waals surface area contributed by atoms with E-state index in [1.807, 2.05) is 0 Å². The molecule has 5 nitrogen and oxygen atoms in total. The molecule has 0 atom stereocenters. The second kappa shape index (κ2) is 5.21. The highest BCUT2D eigenvalue weighted by Gasteiger charge is 2.26. The maximum atomic E-state index is 13.4. The van der Waals surface area contributed by atoms with Gasteiger partial charge in [0.2, 0.25) is 10.0 Å².